The van der Waals surface area contributed by atoms with Crippen LogP contribution in [0.5, 0.6) is 0 Å². The largest absolute Gasteiger partial charge is 0.461 e. The molecule has 6 heteroatoms. The van der Waals surface area contributed by atoms with Crippen molar-refractivity contribution in [1.82, 2.24) is 5.32 Å². The van der Waals surface area contributed by atoms with Crippen LogP contribution in [0.25, 0.3) is 0 Å². The van der Waals surface area contributed by atoms with Crippen LogP contribution >= 0.6 is 0 Å². The Morgan fingerprint density at radius 2 is 1.49 bits per heavy atom. The third kappa shape index (κ3) is 18.1. The first-order chi connectivity index (χ1) is 19.9. The van der Waals surface area contributed by atoms with Crippen molar-refractivity contribution < 1.29 is 23.9 Å². The van der Waals surface area contributed by atoms with Gasteiger partial charge in [0.05, 0.1) is 5.92 Å². The normalized spacial score (nSPS) is 18.4. The van der Waals surface area contributed by atoms with Crippen molar-refractivity contribution in [2.45, 2.75) is 168 Å². The van der Waals surface area contributed by atoms with Crippen LogP contribution in [-0.4, -0.2) is 36.6 Å². The van der Waals surface area contributed by atoms with Crippen LogP contribution < -0.4 is 5.32 Å². The molecular formula is C35H61NO5. The molecule has 1 saturated heterocycles. The number of cyclic esters (lactones) is 1. The fraction of sp³-hybridized carbons (Fsp3) is 0.800. The summed E-state index contributed by atoms with van der Waals surface area (Å²) < 4.78 is 11.5. The first-order valence-electron chi connectivity index (χ1n) is 16.8. The van der Waals surface area contributed by atoms with Gasteiger partial charge in [-0.1, -0.05) is 110 Å². The van der Waals surface area contributed by atoms with Gasteiger partial charge >= 0.3 is 11.9 Å². The van der Waals surface area contributed by atoms with E-state index in [9.17, 15) is 14.4 Å². The SMILES string of the molecule is CCCCC/C=C\C/C=C\CCCCCCC[C@@H](C[C@@H]1OC(=O)[C@H]1CCCCCC)OC(=O)[C@H](CC(C)C)NC=O. The van der Waals surface area contributed by atoms with Crippen LogP contribution in [0.1, 0.15) is 150 Å². The van der Waals surface area contributed by atoms with Crippen LogP contribution in [0.2, 0.25) is 0 Å². The molecule has 0 radical (unpaired) electrons. The number of nitrogens with one attached hydrogen (secondary N) is 1. The van der Waals surface area contributed by atoms with Gasteiger partial charge in [0.15, 0.2) is 0 Å². The molecule has 0 aromatic rings. The minimum atomic E-state index is -0.645. The van der Waals surface area contributed by atoms with Crippen molar-refractivity contribution in [2.75, 3.05) is 0 Å². The summed E-state index contributed by atoms with van der Waals surface area (Å²) >= 11 is 0. The zero-order chi connectivity index (χ0) is 30.1. The lowest BCUT2D eigenvalue weighted by atomic mass is 9.86. The maximum Gasteiger partial charge on any atom is 0.328 e. The highest BCUT2D eigenvalue weighted by molar-refractivity contribution is 5.79. The van der Waals surface area contributed by atoms with E-state index in [0.29, 0.717) is 19.3 Å². The molecule has 1 heterocycles. The van der Waals surface area contributed by atoms with Crippen LogP contribution in [0.15, 0.2) is 24.3 Å². The number of esters is 2. The summed E-state index contributed by atoms with van der Waals surface area (Å²) in [5, 5.41) is 2.63. The predicted molar refractivity (Wildman–Crippen MR) is 168 cm³/mol. The zero-order valence-corrected chi connectivity index (χ0v) is 26.7. The van der Waals surface area contributed by atoms with Crippen LogP contribution in [0, 0.1) is 11.8 Å². The van der Waals surface area contributed by atoms with E-state index in [1.807, 2.05) is 13.8 Å². The van der Waals surface area contributed by atoms with Gasteiger partial charge in [-0.15, -0.1) is 0 Å². The molecule has 1 N–H and O–H groups in total. The number of hydrogen-bond donors (Lipinski definition) is 1. The van der Waals surface area contributed by atoms with E-state index >= 15 is 0 Å². The Labute approximate surface area is 251 Å². The van der Waals surface area contributed by atoms with E-state index in [0.717, 1.165) is 64.2 Å². The van der Waals surface area contributed by atoms with Crippen molar-refractivity contribution in [3.63, 3.8) is 0 Å². The van der Waals surface area contributed by atoms with Gasteiger partial charge in [0, 0.05) is 6.42 Å². The predicted octanol–water partition coefficient (Wildman–Crippen LogP) is 8.77. The highest BCUT2D eigenvalue weighted by Gasteiger charge is 2.43. The minimum Gasteiger partial charge on any atom is -0.461 e. The molecule has 1 aliphatic rings. The first-order valence-corrected chi connectivity index (χ1v) is 16.8. The summed E-state index contributed by atoms with van der Waals surface area (Å²) in [6, 6.07) is -0.645. The van der Waals surface area contributed by atoms with Gasteiger partial charge in [0.1, 0.15) is 18.2 Å². The molecule has 0 aromatic carbocycles. The average Bonchev–Trinajstić information content (AvgIpc) is 2.94. The average molecular weight is 576 g/mol. The van der Waals surface area contributed by atoms with Crippen molar-refractivity contribution in [3.8, 4) is 0 Å². The Balaban J connectivity index is 2.46. The Bertz CT molecular complexity index is 747. The molecule has 0 saturated carbocycles. The van der Waals surface area contributed by atoms with Gasteiger partial charge in [-0.25, -0.2) is 4.79 Å². The minimum absolute atomic E-state index is 0.0859. The van der Waals surface area contributed by atoms with E-state index in [1.165, 1.54) is 44.9 Å². The van der Waals surface area contributed by atoms with E-state index in [4.69, 9.17) is 9.47 Å². The highest BCUT2D eigenvalue weighted by atomic mass is 16.6. The van der Waals surface area contributed by atoms with Gasteiger partial charge < -0.3 is 14.8 Å². The number of allylic oxidation sites excluding steroid dienone is 4. The molecule has 0 unspecified atom stereocenters. The Morgan fingerprint density at radius 3 is 2.12 bits per heavy atom. The molecule has 41 heavy (non-hydrogen) atoms. The molecular weight excluding hydrogens is 514 g/mol. The number of amides is 1. The number of unbranched alkanes of at least 4 members (excludes halogenated alkanes) is 11. The Hall–Kier alpha value is -2.11. The van der Waals surface area contributed by atoms with Crippen LogP contribution in [0.4, 0.5) is 0 Å². The lowest BCUT2D eigenvalue weighted by Crippen LogP contribution is -2.48. The van der Waals surface area contributed by atoms with E-state index < -0.39 is 6.04 Å². The molecule has 0 aromatic heterocycles. The Kier molecular flexibility index (Phi) is 22.0. The topological polar surface area (TPSA) is 81.7 Å². The van der Waals surface area contributed by atoms with Crippen molar-refractivity contribution in [2.24, 2.45) is 11.8 Å². The first kappa shape index (κ1) is 36.9. The van der Waals surface area contributed by atoms with Gasteiger partial charge in [-0.2, -0.15) is 0 Å². The third-order valence-electron chi connectivity index (χ3n) is 7.90. The molecule has 1 aliphatic heterocycles. The molecule has 1 amide bonds. The molecule has 0 bridgehead atoms. The molecule has 236 valence electrons. The fourth-order valence-corrected chi connectivity index (χ4v) is 5.41. The van der Waals surface area contributed by atoms with E-state index in [1.54, 1.807) is 0 Å². The van der Waals surface area contributed by atoms with Crippen molar-refractivity contribution >= 4 is 18.3 Å². The molecule has 4 atom stereocenters. The van der Waals surface area contributed by atoms with Gasteiger partial charge in [-0.3, -0.25) is 9.59 Å². The highest BCUT2D eigenvalue weighted by Crippen LogP contribution is 2.32. The smallest absolute Gasteiger partial charge is 0.328 e. The molecule has 6 nitrogen and oxygen atoms in total. The monoisotopic (exact) mass is 575 g/mol. The lowest BCUT2D eigenvalue weighted by molar-refractivity contribution is -0.190. The lowest BCUT2D eigenvalue weighted by Gasteiger charge is -2.37. The fourth-order valence-electron chi connectivity index (χ4n) is 5.41. The van der Waals surface area contributed by atoms with Gasteiger partial charge in [0.2, 0.25) is 6.41 Å². The summed E-state index contributed by atoms with van der Waals surface area (Å²) in [6.45, 7) is 8.45. The summed E-state index contributed by atoms with van der Waals surface area (Å²) in [6.07, 6.45) is 29.3. The third-order valence-corrected chi connectivity index (χ3v) is 7.90. The number of rotatable bonds is 27. The summed E-state index contributed by atoms with van der Waals surface area (Å²) in [7, 11) is 0. The second-order valence-electron chi connectivity index (χ2n) is 12.2. The van der Waals surface area contributed by atoms with Crippen molar-refractivity contribution in [3.05, 3.63) is 24.3 Å². The summed E-state index contributed by atoms with van der Waals surface area (Å²) in [4.78, 5) is 36.2. The maximum atomic E-state index is 13.0. The molecule has 1 rings (SSSR count). The zero-order valence-electron chi connectivity index (χ0n) is 26.7. The molecule has 1 fully saturated rings. The second-order valence-corrected chi connectivity index (χ2v) is 12.2. The summed E-state index contributed by atoms with van der Waals surface area (Å²) in [5.41, 5.74) is 0. The number of hydrogen-bond acceptors (Lipinski definition) is 5. The van der Waals surface area contributed by atoms with Gasteiger partial charge in [-0.05, 0) is 63.7 Å². The van der Waals surface area contributed by atoms with Crippen molar-refractivity contribution in [1.29, 1.82) is 0 Å². The van der Waals surface area contributed by atoms with Crippen LogP contribution in [-0.2, 0) is 23.9 Å². The Morgan fingerprint density at radius 1 is 0.878 bits per heavy atom. The number of ether oxygens (including phenoxy) is 2. The summed E-state index contributed by atoms with van der Waals surface area (Å²) in [5.74, 6) is -0.338. The number of carbonyl (C=O) groups is 3. The van der Waals surface area contributed by atoms with E-state index in [-0.39, 0.29) is 36.0 Å². The van der Waals surface area contributed by atoms with E-state index in [2.05, 4.69) is 43.5 Å². The van der Waals surface area contributed by atoms with Crippen LogP contribution in [0.3, 0.4) is 0 Å². The number of carbonyl (C=O) groups excluding carboxylic acids is 3. The second kappa shape index (κ2) is 24.5. The standard InChI is InChI=1S/C35H61NO5/c1-5-7-9-11-12-13-14-15-16-17-18-19-20-21-22-24-30(40-35(39)32(36-28-37)26-29(3)4)27-33-31(34(38)41-33)25-23-10-8-6-2/h12-13,15-16,28-33H,5-11,14,17-27H2,1-4H3,(H,36,37)/b13-12-,16-15-/t30-,31-,32-,33-/m0/s1. The molecule has 0 spiro atoms. The quantitative estimate of drug-likeness (QED) is 0.0458. The molecule has 0 aliphatic carbocycles. The maximum absolute atomic E-state index is 13.0. The van der Waals surface area contributed by atoms with Gasteiger partial charge in [0.25, 0.3) is 0 Å².